The zero-order valence-electron chi connectivity index (χ0n) is 8.88. The van der Waals surface area contributed by atoms with Gasteiger partial charge in [-0.2, -0.15) is 0 Å². The molecular weight excluding hydrogens is 170 g/mol. The van der Waals surface area contributed by atoms with Gasteiger partial charge in [-0.1, -0.05) is 25.2 Å². The highest BCUT2D eigenvalue weighted by Gasteiger charge is 2.04. The summed E-state index contributed by atoms with van der Waals surface area (Å²) in [4.78, 5) is 3.36. The fraction of sp³-hybridized carbons (Fsp3) is 0.385. The van der Waals surface area contributed by atoms with Crippen LogP contribution in [0.3, 0.4) is 0 Å². The summed E-state index contributed by atoms with van der Waals surface area (Å²) in [5.41, 5.74) is 3.99. The molecule has 0 aliphatic heterocycles. The molecule has 1 atom stereocenters. The zero-order valence-corrected chi connectivity index (χ0v) is 8.88. The number of aryl methyl sites for hydroxylation is 1. The Kier molecular flexibility index (Phi) is 2.58. The molecule has 1 aliphatic rings. The fourth-order valence-corrected chi connectivity index (χ4v) is 1.79. The molecule has 1 aromatic heterocycles. The van der Waals surface area contributed by atoms with E-state index in [1.54, 1.807) is 0 Å². The van der Waals surface area contributed by atoms with E-state index in [-0.39, 0.29) is 0 Å². The lowest BCUT2D eigenvalue weighted by Gasteiger charge is -2.10. The Balaban J connectivity index is 2.02. The molecule has 14 heavy (non-hydrogen) atoms. The summed E-state index contributed by atoms with van der Waals surface area (Å²) in [6.45, 7) is 4.35. The number of hydrogen-bond acceptors (Lipinski definition) is 0. The van der Waals surface area contributed by atoms with Crippen LogP contribution >= 0.6 is 0 Å². The second-order valence-electron chi connectivity index (χ2n) is 4.19. The van der Waals surface area contributed by atoms with E-state index < -0.39 is 0 Å². The zero-order chi connectivity index (χ0) is 9.97. The maximum absolute atomic E-state index is 3.36. The average molecular weight is 187 g/mol. The van der Waals surface area contributed by atoms with Crippen molar-refractivity contribution in [2.24, 2.45) is 5.92 Å². The number of hydrogen-bond donors (Lipinski definition) is 1. The lowest BCUT2D eigenvalue weighted by Crippen LogP contribution is -1.97. The topological polar surface area (TPSA) is 15.8 Å². The molecule has 0 spiro atoms. The third kappa shape index (κ3) is 2.16. The van der Waals surface area contributed by atoms with E-state index >= 15 is 0 Å². The smallest absolute Gasteiger partial charge is 0.0193 e. The molecule has 1 nitrogen and oxygen atoms in total. The highest BCUT2D eigenvalue weighted by Crippen LogP contribution is 2.18. The van der Waals surface area contributed by atoms with Gasteiger partial charge in [0.2, 0.25) is 0 Å². The van der Waals surface area contributed by atoms with Gasteiger partial charge in [-0.15, -0.1) is 0 Å². The molecule has 1 N–H and O–H groups in total. The predicted octanol–water partition coefficient (Wildman–Crippen LogP) is 3.39. The molecule has 1 aliphatic carbocycles. The number of aromatic amines is 1. The first-order valence-corrected chi connectivity index (χ1v) is 5.26. The predicted molar refractivity (Wildman–Crippen MR) is 60.2 cm³/mol. The van der Waals surface area contributed by atoms with Gasteiger partial charge in [0.1, 0.15) is 0 Å². The van der Waals surface area contributed by atoms with Crippen LogP contribution in [0.5, 0.6) is 0 Å². The fourth-order valence-electron chi connectivity index (χ4n) is 1.79. The van der Waals surface area contributed by atoms with E-state index in [2.05, 4.69) is 49.2 Å². The maximum atomic E-state index is 3.36. The summed E-state index contributed by atoms with van der Waals surface area (Å²) in [6.07, 6.45) is 9.12. The number of H-pyrrole nitrogens is 1. The molecule has 0 unspecified atom stereocenters. The summed E-state index contributed by atoms with van der Waals surface area (Å²) in [7, 11) is 0. The summed E-state index contributed by atoms with van der Waals surface area (Å²) in [5, 5.41) is 0. The molecule has 1 aromatic rings. The minimum Gasteiger partial charge on any atom is -0.362 e. The van der Waals surface area contributed by atoms with Crippen LogP contribution in [0.25, 0.3) is 0 Å². The average Bonchev–Trinajstić information content (AvgIpc) is 2.56. The number of rotatable bonds is 2. The van der Waals surface area contributed by atoms with Crippen molar-refractivity contribution in [1.29, 1.82) is 0 Å². The molecule has 0 aromatic carbocycles. The first-order valence-electron chi connectivity index (χ1n) is 5.26. The van der Waals surface area contributed by atoms with Crippen molar-refractivity contribution >= 4 is 0 Å². The van der Waals surface area contributed by atoms with Gasteiger partial charge in [0.15, 0.2) is 0 Å². The summed E-state index contributed by atoms with van der Waals surface area (Å²) < 4.78 is 0. The first-order chi connectivity index (χ1) is 6.74. The normalized spacial score (nSPS) is 21.0. The van der Waals surface area contributed by atoms with Crippen LogP contribution < -0.4 is 0 Å². The van der Waals surface area contributed by atoms with Crippen LogP contribution in [-0.4, -0.2) is 4.98 Å². The number of nitrogens with one attached hydrogen (secondary N) is 1. The van der Waals surface area contributed by atoms with E-state index in [0.717, 1.165) is 6.42 Å². The van der Waals surface area contributed by atoms with Crippen molar-refractivity contribution in [3.8, 4) is 0 Å². The minimum atomic E-state index is 0.712. The molecule has 0 radical (unpaired) electrons. The number of aromatic nitrogens is 1. The van der Waals surface area contributed by atoms with E-state index in [1.807, 2.05) is 0 Å². The van der Waals surface area contributed by atoms with Crippen molar-refractivity contribution in [2.45, 2.75) is 26.7 Å². The van der Waals surface area contributed by atoms with Crippen LogP contribution in [-0.2, 0) is 6.42 Å². The molecule has 0 saturated heterocycles. The Morgan fingerprint density at radius 2 is 2.29 bits per heavy atom. The van der Waals surface area contributed by atoms with Crippen molar-refractivity contribution in [3.63, 3.8) is 0 Å². The van der Waals surface area contributed by atoms with Gasteiger partial charge in [-0.25, -0.2) is 0 Å². The summed E-state index contributed by atoms with van der Waals surface area (Å²) >= 11 is 0. The second kappa shape index (κ2) is 3.87. The third-order valence-corrected chi connectivity index (χ3v) is 2.68. The Labute approximate surface area is 85.5 Å². The van der Waals surface area contributed by atoms with Crippen LogP contribution in [0.1, 0.15) is 24.7 Å². The van der Waals surface area contributed by atoms with Crippen LogP contribution in [0.4, 0.5) is 0 Å². The highest BCUT2D eigenvalue weighted by molar-refractivity contribution is 5.29. The van der Waals surface area contributed by atoms with Crippen molar-refractivity contribution < 1.29 is 0 Å². The Bertz CT molecular complexity index is 368. The maximum Gasteiger partial charge on any atom is 0.0193 e. The van der Waals surface area contributed by atoms with Gasteiger partial charge in [0.05, 0.1) is 0 Å². The van der Waals surface area contributed by atoms with E-state index in [1.165, 1.54) is 23.4 Å². The Hall–Kier alpha value is -1.24. The second-order valence-corrected chi connectivity index (χ2v) is 4.19. The molecule has 74 valence electrons. The first kappa shape index (κ1) is 9.32. The van der Waals surface area contributed by atoms with E-state index in [0.29, 0.717) is 5.92 Å². The Morgan fingerprint density at radius 3 is 2.86 bits per heavy atom. The van der Waals surface area contributed by atoms with Crippen molar-refractivity contribution in [2.75, 3.05) is 0 Å². The molecular formula is C13H17N. The van der Waals surface area contributed by atoms with Gasteiger partial charge in [-0.05, 0) is 37.0 Å². The quantitative estimate of drug-likeness (QED) is 0.730. The highest BCUT2D eigenvalue weighted by atomic mass is 14.7. The molecule has 0 amide bonds. The van der Waals surface area contributed by atoms with Crippen molar-refractivity contribution in [3.05, 3.63) is 47.3 Å². The summed E-state index contributed by atoms with van der Waals surface area (Å²) in [6, 6.07) is 4.30. The van der Waals surface area contributed by atoms with Crippen LogP contribution in [0.15, 0.2) is 35.9 Å². The SMILES string of the molecule is Cc1ccc(CC2=CC[C@H](C)C=C2)[nH]1. The molecule has 0 bridgehead atoms. The monoisotopic (exact) mass is 187 g/mol. The molecule has 2 rings (SSSR count). The lowest BCUT2D eigenvalue weighted by atomic mass is 9.96. The van der Waals surface area contributed by atoms with Crippen LogP contribution in [0.2, 0.25) is 0 Å². The van der Waals surface area contributed by atoms with Gasteiger partial charge >= 0.3 is 0 Å². The van der Waals surface area contributed by atoms with Gasteiger partial charge in [0.25, 0.3) is 0 Å². The van der Waals surface area contributed by atoms with Gasteiger partial charge < -0.3 is 4.98 Å². The molecule has 0 saturated carbocycles. The van der Waals surface area contributed by atoms with E-state index in [9.17, 15) is 0 Å². The summed E-state index contributed by atoms with van der Waals surface area (Å²) in [5.74, 6) is 0.712. The van der Waals surface area contributed by atoms with Crippen molar-refractivity contribution in [1.82, 2.24) is 4.98 Å². The molecule has 0 fully saturated rings. The minimum absolute atomic E-state index is 0.712. The van der Waals surface area contributed by atoms with E-state index in [4.69, 9.17) is 0 Å². The van der Waals surface area contributed by atoms with Crippen LogP contribution in [0, 0.1) is 12.8 Å². The lowest BCUT2D eigenvalue weighted by molar-refractivity contribution is 0.727. The number of allylic oxidation sites excluding steroid dienone is 4. The third-order valence-electron chi connectivity index (χ3n) is 2.68. The van der Waals surface area contributed by atoms with Gasteiger partial charge in [0, 0.05) is 17.8 Å². The standard InChI is InChI=1S/C13H17N/c1-10-3-6-12(7-4-10)9-13-8-5-11(2)14-13/h3,5-8,10,14H,4,9H2,1-2H3/t10-/m1/s1. The Morgan fingerprint density at radius 1 is 1.43 bits per heavy atom. The molecule has 1 heterocycles. The van der Waals surface area contributed by atoms with Gasteiger partial charge in [-0.3, -0.25) is 0 Å². The molecule has 1 heteroatoms. The largest absolute Gasteiger partial charge is 0.362 e.